The molecular formula is C29H35FN2O3S. The third-order valence-corrected chi connectivity index (χ3v) is 8.50. The van der Waals surface area contributed by atoms with Crippen molar-refractivity contribution in [3.8, 4) is 5.75 Å². The number of likely N-dealkylation sites (tertiary alicyclic amines) is 1. The van der Waals surface area contributed by atoms with Gasteiger partial charge in [0.25, 0.3) is 0 Å². The van der Waals surface area contributed by atoms with Crippen LogP contribution in [0.15, 0.2) is 59.6 Å². The molecule has 3 aromatic rings. The lowest BCUT2D eigenvalue weighted by atomic mass is 9.81. The van der Waals surface area contributed by atoms with E-state index in [-0.39, 0.29) is 5.92 Å². The number of aliphatic carboxylic acids is 1. The third-order valence-electron chi connectivity index (χ3n) is 7.24. The smallest absolute Gasteiger partial charge is 0.308 e. The van der Waals surface area contributed by atoms with Gasteiger partial charge in [0.2, 0.25) is 0 Å². The maximum absolute atomic E-state index is 15.4. The zero-order valence-electron chi connectivity index (χ0n) is 21.0. The molecule has 7 heteroatoms. The average Bonchev–Trinajstić information content (AvgIpc) is 2.90. The number of nitrogens with zero attached hydrogens (tertiary/aromatic N) is 2. The number of methoxy groups -OCH3 is 1. The van der Waals surface area contributed by atoms with E-state index in [0.717, 1.165) is 42.6 Å². The molecule has 1 N–H and O–H groups in total. The summed E-state index contributed by atoms with van der Waals surface area (Å²) in [6.45, 7) is 4.43. The Bertz CT molecular complexity index is 1170. The van der Waals surface area contributed by atoms with E-state index >= 15 is 4.39 Å². The van der Waals surface area contributed by atoms with Crippen LogP contribution in [-0.2, 0) is 4.79 Å². The van der Waals surface area contributed by atoms with Crippen molar-refractivity contribution in [1.29, 1.82) is 0 Å². The Morgan fingerprint density at radius 1 is 1.28 bits per heavy atom. The van der Waals surface area contributed by atoms with E-state index in [1.54, 1.807) is 19.4 Å². The Kier molecular flexibility index (Phi) is 9.21. The summed E-state index contributed by atoms with van der Waals surface area (Å²) >= 11 is 1.86. The second kappa shape index (κ2) is 12.5. The molecule has 1 fully saturated rings. The Labute approximate surface area is 217 Å². The Balaban J connectivity index is 1.30. The number of thioether (sulfide) groups is 1. The number of alkyl halides is 1. The Morgan fingerprint density at radius 2 is 2.11 bits per heavy atom. The number of carboxylic acid groups (broad SMARTS) is 1. The van der Waals surface area contributed by atoms with Crippen LogP contribution in [0.1, 0.15) is 43.0 Å². The SMILES string of the molecule is COc1ccc2nccc(C(F)CC[C@@H]3CCN(CCCSc4ccccc4C)C[C@@H]3C(=O)O)c2c1. The molecule has 2 heterocycles. The summed E-state index contributed by atoms with van der Waals surface area (Å²) in [4.78, 5) is 20.0. The van der Waals surface area contributed by atoms with Gasteiger partial charge in [-0.15, -0.1) is 11.8 Å². The number of carbonyl (C=O) groups is 1. The number of aryl methyl sites for hydroxylation is 1. The fourth-order valence-electron chi connectivity index (χ4n) is 5.15. The van der Waals surface area contributed by atoms with Crippen molar-refractivity contribution in [2.45, 2.75) is 43.7 Å². The van der Waals surface area contributed by atoms with Gasteiger partial charge in [-0.1, -0.05) is 18.2 Å². The molecule has 0 amide bonds. The molecule has 3 atom stereocenters. The summed E-state index contributed by atoms with van der Waals surface area (Å²) in [6, 6.07) is 15.6. The third kappa shape index (κ3) is 6.56. The van der Waals surface area contributed by atoms with Gasteiger partial charge in [0.05, 0.1) is 18.5 Å². The predicted octanol–water partition coefficient (Wildman–Crippen LogP) is 6.55. The number of benzene rings is 2. The highest BCUT2D eigenvalue weighted by Crippen LogP contribution is 2.35. The lowest BCUT2D eigenvalue weighted by Crippen LogP contribution is -2.44. The van der Waals surface area contributed by atoms with E-state index in [9.17, 15) is 9.90 Å². The molecule has 0 radical (unpaired) electrons. The topological polar surface area (TPSA) is 62.7 Å². The molecule has 36 heavy (non-hydrogen) atoms. The van der Waals surface area contributed by atoms with E-state index in [1.807, 2.05) is 30.0 Å². The van der Waals surface area contributed by atoms with Crippen LogP contribution >= 0.6 is 11.8 Å². The van der Waals surface area contributed by atoms with Gasteiger partial charge in [-0.3, -0.25) is 9.78 Å². The minimum absolute atomic E-state index is 0.0130. The summed E-state index contributed by atoms with van der Waals surface area (Å²) in [7, 11) is 1.59. The van der Waals surface area contributed by atoms with Crippen molar-refractivity contribution in [3.05, 3.63) is 65.9 Å². The molecule has 1 aliphatic heterocycles. The second-order valence-electron chi connectivity index (χ2n) is 9.59. The highest BCUT2D eigenvalue weighted by Gasteiger charge is 2.34. The van der Waals surface area contributed by atoms with Gasteiger partial charge in [-0.25, -0.2) is 4.39 Å². The molecule has 0 bridgehead atoms. The van der Waals surface area contributed by atoms with Gasteiger partial charge >= 0.3 is 5.97 Å². The maximum atomic E-state index is 15.4. The molecular weight excluding hydrogens is 475 g/mol. The van der Waals surface area contributed by atoms with E-state index in [1.165, 1.54) is 10.5 Å². The number of aromatic nitrogens is 1. The second-order valence-corrected chi connectivity index (χ2v) is 10.7. The van der Waals surface area contributed by atoms with Gasteiger partial charge in [0.15, 0.2) is 0 Å². The number of pyridine rings is 1. The van der Waals surface area contributed by atoms with Crippen LogP contribution in [0.3, 0.4) is 0 Å². The fourth-order valence-corrected chi connectivity index (χ4v) is 6.11. The maximum Gasteiger partial charge on any atom is 0.308 e. The summed E-state index contributed by atoms with van der Waals surface area (Å²) in [5.41, 5.74) is 2.61. The molecule has 1 aromatic heterocycles. The monoisotopic (exact) mass is 510 g/mol. The first-order valence-electron chi connectivity index (χ1n) is 12.7. The van der Waals surface area contributed by atoms with Crippen LogP contribution in [0, 0.1) is 18.8 Å². The van der Waals surface area contributed by atoms with Crippen molar-refractivity contribution in [1.82, 2.24) is 9.88 Å². The molecule has 1 aliphatic rings. The van der Waals surface area contributed by atoms with Crippen LogP contribution in [0.25, 0.3) is 10.9 Å². The van der Waals surface area contributed by atoms with Gasteiger partial charge in [-0.2, -0.15) is 0 Å². The van der Waals surface area contributed by atoms with E-state index < -0.39 is 18.1 Å². The van der Waals surface area contributed by atoms with E-state index in [2.05, 4.69) is 41.1 Å². The minimum atomic E-state index is -1.17. The quantitative estimate of drug-likeness (QED) is 0.233. The number of piperidine rings is 1. The van der Waals surface area contributed by atoms with Crippen LogP contribution in [0.5, 0.6) is 5.75 Å². The van der Waals surface area contributed by atoms with Crippen molar-refractivity contribution >= 4 is 28.6 Å². The van der Waals surface area contributed by atoms with Crippen molar-refractivity contribution in [2.24, 2.45) is 11.8 Å². The first-order valence-corrected chi connectivity index (χ1v) is 13.6. The molecule has 1 unspecified atom stereocenters. The number of rotatable bonds is 11. The predicted molar refractivity (Wildman–Crippen MR) is 144 cm³/mol. The Morgan fingerprint density at radius 3 is 2.89 bits per heavy atom. The molecule has 5 nitrogen and oxygen atoms in total. The largest absolute Gasteiger partial charge is 0.497 e. The summed E-state index contributed by atoms with van der Waals surface area (Å²) < 4.78 is 20.7. The number of hydrogen-bond acceptors (Lipinski definition) is 5. The average molecular weight is 511 g/mol. The lowest BCUT2D eigenvalue weighted by Gasteiger charge is -2.36. The van der Waals surface area contributed by atoms with E-state index in [4.69, 9.17) is 4.74 Å². The lowest BCUT2D eigenvalue weighted by molar-refractivity contribution is -0.146. The van der Waals surface area contributed by atoms with Gasteiger partial charge < -0.3 is 14.7 Å². The molecule has 0 aliphatic carbocycles. The standard InChI is InChI=1S/C29H35FN2O3S/c1-20-6-3-4-7-28(20)36-17-5-15-32-16-13-21(25(19-32)29(33)34)8-10-26(30)23-12-14-31-27-11-9-22(35-2)18-24(23)27/h3-4,6-7,9,11-12,14,18,21,25-26H,5,8,10,13,15-17,19H2,1-2H3,(H,33,34)/t21-,25+,26?/m1/s1. The summed E-state index contributed by atoms with van der Waals surface area (Å²) in [5, 5.41) is 10.7. The molecule has 0 spiro atoms. The number of ether oxygens (including phenoxy) is 1. The van der Waals surface area contributed by atoms with Crippen LogP contribution in [0.4, 0.5) is 4.39 Å². The normalized spacial score (nSPS) is 19.3. The molecule has 2 aromatic carbocycles. The van der Waals surface area contributed by atoms with Gasteiger partial charge in [-0.05, 0) is 98.8 Å². The van der Waals surface area contributed by atoms with Gasteiger partial charge in [0.1, 0.15) is 11.9 Å². The van der Waals surface area contributed by atoms with Gasteiger partial charge in [0, 0.05) is 23.0 Å². The van der Waals surface area contributed by atoms with Crippen LogP contribution < -0.4 is 4.74 Å². The molecule has 192 valence electrons. The number of hydrogen-bond donors (Lipinski definition) is 1. The molecule has 0 saturated carbocycles. The zero-order chi connectivity index (χ0) is 25.5. The van der Waals surface area contributed by atoms with E-state index in [0.29, 0.717) is 30.7 Å². The number of carboxylic acids is 1. The van der Waals surface area contributed by atoms with Crippen molar-refractivity contribution < 1.29 is 19.0 Å². The molecule has 4 rings (SSSR count). The highest BCUT2D eigenvalue weighted by molar-refractivity contribution is 7.99. The highest BCUT2D eigenvalue weighted by atomic mass is 32.2. The zero-order valence-corrected chi connectivity index (χ0v) is 21.8. The fraction of sp³-hybridized carbons (Fsp3) is 0.448. The summed E-state index contributed by atoms with van der Waals surface area (Å²) in [6.07, 6.45) is 3.13. The Hall–Kier alpha value is -2.64. The number of halogens is 1. The first kappa shape index (κ1) is 26.4. The van der Waals surface area contributed by atoms with Crippen LogP contribution in [-0.4, -0.2) is 53.5 Å². The van der Waals surface area contributed by atoms with Crippen LogP contribution in [0.2, 0.25) is 0 Å². The molecule has 1 saturated heterocycles. The number of fused-ring (bicyclic) bond motifs is 1. The van der Waals surface area contributed by atoms with Crippen molar-refractivity contribution in [3.63, 3.8) is 0 Å². The summed E-state index contributed by atoms with van der Waals surface area (Å²) in [5.74, 6) is 0.440. The minimum Gasteiger partial charge on any atom is -0.497 e. The van der Waals surface area contributed by atoms with Crippen molar-refractivity contribution in [2.75, 3.05) is 32.5 Å². The first-order chi connectivity index (χ1) is 17.5.